The number of halogens is 2. The van der Waals surface area contributed by atoms with Crippen LogP contribution in [-0.4, -0.2) is 10.6 Å². The van der Waals surface area contributed by atoms with Crippen molar-refractivity contribution < 1.29 is 9.88 Å². The Labute approximate surface area is 208 Å². The molecule has 0 amide bonds. The number of allylic oxidation sites excluding steroid dienone is 6. The number of hydrogen-bond donors (Lipinski definition) is 0. The number of aryl methyl sites for hydroxylation is 1. The molecule has 1 aromatic rings. The normalized spacial score (nSPS) is 27.0. The number of hydroxylamine groups is 2. The van der Waals surface area contributed by atoms with Gasteiger partial charge >= 0.3 is 0 Å². The van der Waals surface area contributed by atoms with Crippen LogP contribution in [0.5, 0.6) is 5.75 Å². The number of benzene rings is 1. The molecule has 0 N–H and O–H groups in total. The highest BCUT2D eigenvalue weighted by atomic mass is 79.9. The summed E-state index contributed by atoms with van der Waals surface area (Å²) in [7, 11) is 0. The summed E-state index contributed by atoms with van der Waals surface area (Å²) in [6.07, 6.45) is 15.9. The number of nitrogens with zero attached hydrogens (tertiary/aromatic N) is 1. The van der Waals surface area contributed by atoms with E-state index in [1.807, 2.05) is 5.06 Å². The van der Waals surface area contributed by atoms with Gasteiger partial charge in [0.1, 0.15) is 0 Å². The average molecular weight is 561 g/mol. The predicted molar refractivity (Wildman–Crippen MR) is 137 cm³/mol. The maximum atomic E-state index is 6.16. The molecule has 4 aliphatic rings. The van der Waals surface area contributed by atoms with E-state index in [0.717, 1.165) is 52.4 Å². The van der Waals surface area contributed by atoms with Crippen molar-refractivity contribution in [2.45, 2.75) is 83.6 Å². The van der Waals surface area contributed by atoms with Crippen molar-refractivity contribution in [1.29, 1.82) is 0 Å². The van der Waals surface area contributed by atoms with Crippen LogP contribution >= 0.6 is 31.9 Å². The molecule has 0 spiro atoms. The second-order valence-electron chi connectivity index (χ2n) is 9.72. The molecule has 0 saturated heterocycles. The lowest BCUT2D eigenvalue weighted by atomic mass is 9.82. The van der Waals surface area contributed by atoms with Crippen LogP contribution in [0.25, 0.3) is 5.57 Å². The third kappa shape index (κ3) is 3.95. The standard InChI is InChI=1S/C27H31Br2NO2/c1-17-10-6-4-5-7-12-20(28)15-22(17)25-21-13-9-8-11-19(21)14-24(29)26(25)31-32-30-18(2)23-16-27(23,30)3/h12,14-15H,1,4-11,13,16H2,2-3H3/b20-12+,22-15?. The highest BCUT2D eigenvalue weighted by Gasteiger charge is 2.61. The van der Waals surface area contributed by atoms with Crippen LogP contribution in [0.15, 0.2) is 50.6 Å². The fraction of sp³-hybridized carbons (Fsp3) is 0.481. The Balaban J connectivity index is 1.58. The van der Waals surface area contributed by atoms with Crippen molar-refractivity contribution in [3.8, 4) is 5.75 Å². The SMILES string of the molecule is C=C1CCCCC/C=C(/Br)C=C1c1c2c(cc(Br)c1OON1C(C)=C3CC31C)CCCC2. The monoisotopic (exact) mass is 559 g/mol. The summed E-state index contributed by atoms with van der Waals surface area (Å²) in [6, 6.07) is 2.23. The van der Waals surface area contributed by atoms with Gasteiger partial charge in [0.25, 0.3) is 0 Å². The Morgan fingerprint density at radius 3 is 2.62 bits per heavy atom. The lowest BCUT2D eigenvalue weighted by molar-refractivity contribution is -0.375. The summed E-state index contributed by atoms with van der Waals surface area (Å²) in [5.41, 5.74) is 8.96. The summed E-state index contributed by atoms with van der Waals surface area (Å²) >= 11 is 7.61. The molecular formula is C27H31Br2NO2. The highest BCUT2D eigenvalue weighted by Crippen LogP contribution is 2.60. The lowest BCUT2D eigenvalue weighted by Crippen LogP contribution is -2.41. The fourth-order valence-corrected chi connectivity index (χ4v) is 6.46. The van der Waals surface area contributed by atoms with Gasteiger partial charge in [0.2, 0.25) is 0 Å². The first-order valence-electron chi connectivity index (χ1n) is 11.9. The molecule has 5 rings (SSSR count). The van der Waals surface area contributed by atoms with Gasteiger partial charge in [-0.2, -0.15) is 0 Å². The van der Waals surface area contributed by atoms with Crippen molar-refractivity contribution >= 4 is 37.4 Å². The Bertz CT molecular complexity index is 1070. The molecule has 1 aromatic carbocycles. The zero-order valence-corrected chi connectivity index (χ0v) is 22.2. The average Bonchev–Trinajstić information content (AvgIpc) is 3.40. The Hall–Kier alpha value is -1.30. The Kier molecular flexibility index (Phi) is 6.19. The van der Waals surface area contributed by atoms with Crippen LogP contribution in [0.2, 0.25) is 0 Å². The number of fused-ring (bicyclic) bond motifs is 2. The smallest absolute Gasteiger partial charge is 0.190 e. The Morgan fingerprint density at radius 1 is 1.06 bits per heavy atom. The van der Waals surface area contributed by atoms with E-state index in [-0.39, 0.29) is 5.54 Å². The molecule has 0 aromatic heterocycles. The maximum Gasteiger partial charge on any atom is 0.190 e. The molecule has 1 fully saturated rings. The third-order valence-electron chi connectivity index (χ3n) is 7.44. The van der Waals surface area contributed by atoms with Crippen molar-refractivity contribution in [2.24, 2.45) is 0 Å². The third-order valence-corrected chi connectivity index (χ3v) is 8.58. The minimum absolute atomic E-state index is 0.0238. The van der Waals surface area contributed by atoms with Crippen LogP contribution < -0.4 is 4.89 Å². The van der Waals surface area contributed by atoms with E-state index in [4.69, 9.17) is 9.88 Å². The first-order valence-corrected chi connectivity index (χ1v) is 13.4. The minimum atomic E-state index is 0.0238. The summed E-state index contributed by atoms with van der Waals surface area (Å²) in [6.45, 7) is 8.82. The van der Waals surface area contributed by atoms with E-state index in [9.17, 15) is 0 Å². The van der Waals surface area contributed by atoms with Gasteiger partial charge in [0.05, 0.1) is 10.0 Å². The van der Waals surface area contributed by atoms with Gasteiger partial charge in [-0.3, -0.25) is 0 Å². The van der Waals surface area contributed by atoms with Gasteiger partial charge in [-0.05, 0) is 121 Å². The van der Waals surface area contributed by atoms with Gasteiger partial charge in [-0.25, -0.2) is 5.06 Å². The summed E-state index contributed by atoms with van der Waals surface area (Å²) in [5.74, 6) is 0.765. The molecule has 0 bridgehead atoms. The van der Waals surface area contributed by atoms with E-state index in [2.05, 4.69) is 70.5 Å². The highest BCUT2D eigenvalue weighted by molar-refractivity contribution is 9.12. The minimum Gasteiger partial charge on any atom is -0.312 e. The van der Waals surface area contributed by atoms with E-state index >= 15 is 0 Å². The van der Waals surface area contributed by atoms with Crippen LogP contribution in [0.4, 0.5) is 0 Å². The van der Waals surface area contributed by atoms with Crippen LogP contribution in [0.1, 0.15) is 81.9 Å². The zero-order valence-electron chi connectivity index (χ0n) is 19.0. The molecule has 1 heterocycles. The quantitative estimate of drug-likeness (QED) is 0.272. The van der Waals surface area contributed by atoms with Crippen LogP contribution in [-0.2, 0) is 17.8 Å². The van der Waals surface area contributed by atoms with E-state index in [0.29, 0.717) is 0 Å². The van der Waals surface area contributed by atoms with Gasteiger partial charge < -0.3 is 4.89 Å². The topological polar surface area (TPSA) is 21.7 Å². The number of rotatable bonds is 4. The van der Waals surface area contributed by atoms with E-state index < -0.39 is 0 Å². The van der Waals surface area contributed by atoms with E-state index in [1.165, 1.54) is 65.6 Å². The van der Waals surface area contributed by atoms with Gasteiger partial charge in [-0.1, -0.05) is 40.0 Å². The molecular weight excluding hydrogens is 530 g/mol. The number of hydrogen-bond acceptors (Lipinski definition) is 3. The predicted octanol–water partition coefficient (Wildman–Crippen LogP) is 8.49. The van der Waals surface area contributed by atoms with Crippen LogP contribution in [0, 0.1) is 0 Å². The van der Waals surface area contributed by atoms with Crippen molar-refractivity contribution in [3.63, 3.8) is 0 Å². The van der Waals surface area contributed by atoms with Crippen LogP contribution in [0.3, 0.4) is 0 Å². The second kappa shape index (κ2) is 8.81. The van der Waals surface area contributed by atoms with Gasteiger partial charge in [-0.15, -0.1) is 0 Å². The fourth-order valence-electron chi connectivity index (χ4n) is 5.46. The second-order valence-corrected chi connectivity index (χ2v) is 11.5. The molecule has 5 heteroatoms. The van der Waals surface area contributed by atoms with E-state index in [1.54, 1.807) is 0 Å². The van der Waals surface area contributed by atoms with Crippen molar-refractivity contribution in [3.05, 3.63) is 67.3 Å². The zero-order chi connectivity index (χ0) is 22.5. The van der Waals surface area contributed by atoms with Crippen molar-refractivity contribution in [1.82, 2.24) is 5.06 Å². The molecule has 1 saturated carbocycles. The lowest BCUT2D eigenvalue weighted by Gasteiger charge is -2.35. The first kappa shape index (κ1) is 22.5. The largest absolute Gasteiger partial charge is 0.312 e. The molecule has 170 valence electrons. The summed E-state index contributed by atoms with van der Waals surface area (Å²) < 4.78 is 2.06. The van der Waals surface area contributed by atoms with Gasteiger partial charge in [0, 0.05) is 22.2 Å². The summed E-state index contributed by atoms with van der Waals surface area (Å²) in [5, 5.41) is 1.92. The molecule has 1 unspecified atom stereocenters. The first-order chi connectivity index (χ1) is 15.4. The molecule has 3 aliphatic carbocycles. The molecule has 0 radical (unpaired) electrons. The molecule has 1 atom stereocenters. The molecule has 1 aliphatic heterocycles. The Morgan fingerprint density at radius 2 is 1.84 bits per heavy atom. The maximum absolute atomic E-state index is 6.16. The molecule has 32 heavy (non-hydrogen) atoms. The molecule has 3 nitrogen and oxygen atoms in total. The van der Waals surface area contributed by atoms with Gasteiger partial charge in [0.15, 0.2) is 5.75 Å². The summed E-state index contributed by atoms with van der Waals surface area (Å²) in [4.78, 5) is 12.1. The van der Waals surface area contributed by atoms with Crippen molar-refractivity contribution in [2.75, 3.05) is 0 Å².